The zero-order valence-corrected chi connectivity index (χ0v) is 18.2. The lowest BCUT2D eigenvalue weighted by Gasteiger charge is -2.32. The summed E-state index contributed by atoms with van der Waals surface area (Å²) in [6.07, 6.45) is 4.31. The Morgan fingerprint density at radius 1 is 1.38 bits per heavy atom. The Morgan fingerprint density at radius 3 is 2.69 bits per heavy atom. The zero-order valence-electron chi connectivity index (χ0n) is 15.8. The number of rotatable bonds is 5. The highest BCUT2D eigenvalue weighted by molar-refractivity contribution is 14.0. The molecule has 7 nitrogen and oxygen atoms in total. The highest BCUT2D eigenvalue weighted by Gasteiger charge is 2.23. The van der Waals surface area contributed by atoms with Crippen LogP contribution in [0.1, 0.15) is 31.0 Å². The standard InChI is InChI=1S/C18H29N5O2.HI/c1-4-19-17(20-10-7-15-6-5-14(2)21-13-15)22-16-8-11-23(12-9-16)18(24)25-3;/h5-6,13,16H,4,7-12H2,1-3H3,(H2,19,20,22);1H. The van der Waals surface area contributed by atoms with Gasteiger partial charge >= 0.3 is 6.09 Å². The molecule has 1 amide bonds. The predicted octanol–water partition coefficient (Wildman–Crippen LogP) is 2.34. The average molecular weight is 475 g/mol. The van der Waals surface area contributed by atoms with Gasteiger partial charge in [0.05, 0.1) is 7.11 Å². The molecule has 1 saturated heterocycles. The first kappa shape index (κ1) is 22.5. The summed E-state index contributed by atoms with van der Waals surface area (Å²) in [5, 5.41) is 6.76. The summed E-state index contributed by atoms with van der Waals surface area (Å²) in [5.41, 5.74) is 2.22. The van der Waals surface area contributed by atoms with Crippen LogP contribution in [0.2, 0.25) is 0 Å². The number of nitrogens with zero attached hydrogens (tertiary/aromatic N) is 3. The number of carbonyl (C=O) groups excluding carboxylic acids is 1. The second-order valence-corrected chi connectivity index (χ2v) is 6.19. The summed E-state index contributed by atoms with van der Waals surface area (Å²) in [6.45, 7) is 6.99. The van der Waals surface area contributed by atoms with Gasteiger partial charge in [0.2, 0.25) is 0 Å². The van der Waals surface area contributed by atoms with Crippen molar-refractivity contribution in [1.82, 2.24) is 20.5 Å². The average Bonchev–Trinajstić information content (AvgIpc) is 2.63. The van der Waals surface area contributed by atoms with Crippen molar-refractivity contribution in [2.24, 2.45) is 4.99 Å². The number of pyridine rings is 1. The number of methoxy groups -OCH3 is 1. The third-order valence-corrected chi connectivity index (χ3v) is 4.26. The van der Waals surface area contributed by atoms with Crippen molar-refractivity contribution in [1.29, 1.82) is 0 Å². The Morgan fingerprint density at radius 2 is 2.12 bits per heavy atom. The van der Waals surface area contributed by atoms with Gasteiger partial charge in [0, 0.05) is 44.1 Å². The van der Waals surface area contributed by atoms with E-state index in [1.807, 2.05) is 19.2 Å². The van der Waals surface area contributed by atoms with E-state index in [4.69, 9.17) is 4.74 Å². The Kier molecular flexibility index (Phi) is 10.3. The van der Waals surface area contributed by atoms with Crippen molar-refractivity contribution in [2.45, 2.75) is 39.2 Å². The smallest absolute Gasteiger partial charge is 0.409 e. The van der Waals surface area contributed by atoms with Crippen LogP contribution in [0.15, 0.2) is 23.3 Å². The lowest BCUT2D eigenvalue weighted by atomic mass is 10.1. The van der Waals surface area contributed by atoms with Gasteiger partial charge in [0.25, 0.3) is 0 Å². The first-order chi connectivity index (χ1) is 12.1. The fraction of sp³-hybridized carbons (Fsp3) is 0.611. The van der Waals surface area contributed by atoms with E-state index >= 15 is 0 Å². The summed E-state index contributed by atoms with van der Waals surface area (Å²) < 4.78 is 4.77. The molecule has 2 N–H and O–H groups in total. The van der Waals surface area contributed by atoms with Gasteiger partial charge in [-0.05, 0) is 44.7 Å². The van der Waals surface area contributed by atoms with E-state index in [2.05, 4.69) is 33.6 Å². The van der Waals surface area contributed by atoms with Gasteiger partial charge in [-0.3, -0.25) is 9.98 Å². The fourth-order valence-corrected chi connectivity index (χ4v) is 2.79. The normalized spacial score (nSPS) is 15.2. The molecule has 1 fully saturated rings. The molecule has 146 valence electrons. The Labute approximate surface area is 173 Å². The number of nitrogens with one attached hydrogen (secondary N) is 2. The van der Waals surface area contributed by atoms with Crippen LogP contribution < -0.4 is 10.6 Å². The minimum absolute atomic E-state index is 0. The number of carbonyl (C=O) groups is 1. The third kappa shape index (κ3) is 7.35. The second kappa shape index (κ2) is 11.9. The Hall–Kier alpha value is -1.58. The molecule has 2 heterocycles. The maximum atomic E-state index is 11.5. The van der Waals surface area contributed by atoms with E-state index in [1.165, 1.54) is 12.7 Å². The highest BCUT2D eigenvalue weighted by atomic mass is 127. The molecule has 0 unspecified atom stereocenters. The molecule has 0 saturated carbocycles. The number of aromatic nitrogens is 1. The lowest BCUT2D eigenvalue weighted by molar-refractivity contribution is 0.111. The van der Waals surface area contributed by atoms with Gasteiger partial charge in [0.15, 0.2) is 5.96 Å². The summed E-state index contributed by atoms with van der Waals surface area (Å²) >= 11 is 0. The number of likely N-dealkylation sites (tertiary alicyclic amines) is 1. The molecule has 1 aliphatic heterocycles. The number of ether oxygens (including phenoxy) is 1. The number of halogens is 1. The van der Waals surface area contributed by atoms with E-state index in [1.54, 1.807) is 4.90 Å². The van der Waals surface area contributed by atoms with Crippen LogP contribution in [0.5, 0.6) is 0 Å². The molecule has 0 atom stereocenters. The van der Waals surface area contributed by atoms with Crippen LogP contribution >= 0.6 is 24.0 Å². The van der Waals surface area contributed by atoms with E-state index in [0.29, 0.717) is 25.7 Å². The van der Waals surface area contributed by atoms with Gasteiger partial charge in [-0.15, -0.1) is 24.0 Å². The molecular formula is C18H30IN5O2. The summed E-state index contributed by atoms with van der Waals surface area (Å²) in [6, 6.07) is 4.44. The molecule has 0 radical (unpaired) electrons. The van der Waals surface area contributed by atoms with Crippen LogP contribution in [0, 0.1) is 6.92 Å². The first-order valence-electron chi connectivity index (χ1n) is 8.91. The second-order valence-electron chi connectivity index (χ2n) is 6.19. The van der Waals surface area contributed by atoms with Gasteiger partial charge in [-0.1, -0.05) is 6.07 Å². The van der Waals surface area contributed by atoms with Gasteiger partial charge < -0.3 is 20.3 Å². The van der Waals surface area contributed by atoms with Crippen molar-refractivity contribution < 1.29 is 9.53 Å². The largest absolute Gasteiger partial charge is 0.453 e. The highest BCUT2D eigenvalue weighted by Crippen LogP contribution is 2.11. The monoisotopic (exact) mass is 475 g/mol. The number of aryl methyl sites for hydroxylation is 1. The molecule has 26 heavy (non-hydrogen) atoms. The zero-order chi connectivity index (χ0) is 18.1. The molecule has 8 heteroatoms. The van der Waals surface area contributed by atoms with E-state index in [9.17, 15) is 4.79 Å². The molecule has 0 aromatic carbocycles. The number of amides is 1. The predicted molar refractivity (Wildman–Crippen MR) is 114 cm³/mol. The Bertz CT molecular complexity index is 571. The Balaban J connectivity index is 0.00000338. The van der Waals surface area contributed by atoms with E-state index < -0.39 is 0 Å². The third-order valence-electron chi connectivity index (χ3n) is 4.26. The van der Waals surface area contributed by atoms with Crippen molar-refractivity contribution in [3.63, 3.8) is 0 Å². The minimum Gasteiger partial charge on any atom is -0.453 e. The number of hydrogen-bond donors (Lipinski definition) is 2. The summed E-state index contributed by atoms with van der Waals surface area (Å²) in [4.78, 5) is 22.3. The number of piperidine rings is 1. The molecule has 1 aromatic heterocycles. The maximum Gasteiger partial charge on any atom is 0.409 e. The lowest BCUT2D eigenvalue weighted by Crippen LogP contribution is -2.49. The topological polar surface area (TPSA) is 78.9 Å². The van der Waals surface area contributed by atoms with Gasteiger partial charge in [0.1, 0.15) is 0 Å². The van der Waals surface area contributed by atoms with Crippen LogP contribution in [-0.4, -0.2) is 61.3 Å². The van der Waals surface area contributed by atoms with Crippen molar-refractivity contribution in [3.05, 3.63) is 29.6 Å². The van der Waals surface area contributed by atoms with Crippen molar-refractivity contribution in [3.8, 4) is 0 Å². The number of hydrogen-bond acceptors (Lipinski definition) is 4. The van der Waals surface area contributed by atoms with Crippen LogP contribution in [0.3, 0.4) is 0 Å². The van der Waals surface area contributed by atoms with E-state index in [-0.39, 0.29) is 30.1 Å². The molecule has 0 spiro atoms. The minimum atomic E-state index is -0.245. The SMILES string of the molecule is CCNC(=NCCc1ccc(C)nc1)NC1CCN(C(=O)OC)CC1.I. The van der Waals surface area contributed by atoms with E-state index in [0.717, 1.165) is 37.5 Å². The molecule has 1 aromatic rings. The van der Waals surface area contributed by atoms with Crippen LogP contribution in [-0.2, 0) is 11.2 Å². The van der Waals surface area contributed by atoms with Crippen LogP contribution in [0.4, 0.5) is 4.79 Å². The molecule has 1 aliphatic rings. The molecule has 0 aliphatic carbocycles. The van der Waals surface area contributed by atoms with Gasteiger partial charge in [-0.25, -0.2) is 4.79 Å². The van der Waals surface area contributed by atoms with Crippen LogP contribution in [0.25, 0.3) is 0 Å². The maximum absolute atomic E-state index is 11.5. The number of aliphatic imine (C=N–C) groups is 1. The summed E-state index contributed by atoms with van der Waals surface area (Å²) in [7, 11) is 1.42. The van der Waals surface area contributed by atoms with Gasteiger partial charge in [-0.2, -0.15) is 0 Å². The summed E-state index contributed by atoms with van der Waals surface area (Å²) in [5.74, 6) is 0.832. The van der Waals surface area contributed by atoms with Crippen molar-refractivity contribution in [2.75, 3.05) is 33.3 Å². The quantitative estimate of drug-likeness (QED) is 0.389. The van der Waals surface area contributed by atoms with Crippen molar-refractivity contribution >= 4 is 36.0 Å². The fourth-order valence-electron chi connectivity index (χ4n) is 2.79. The molecule has 2 rings (SSSR count). The molecule has 0 bridgehead atoms. The number of guanidine groups is 1. The molecular weight excluding hydrogens is 445 g/mol. The first-order valence-corrected chi connectivity index (χ1v) is 8.91.